The van der Waals surface area contributed by atoms with E-state index in [1.165, 1.54) is 63.9 Å². The molecule has 0 aliphatic carbocycles. The van der Waals surface area contributed by atoms with Gasteiger partial charge in [0, 0.05) is 6.42 Å². The Kier molecular flexibility index (Phi) is 15.0. The van der Waals surface area contributed by atoms with E-state index < -0.39 is 11.9 Å². The smallest absolute Gasteiger partial charge is 0.314 e. The van der Waals surface area contributed by atoms with Crippen LogP contribution in [0, 0.1) is 5.92 Å². The number of rotatable bonds is 17. The maximum Gasteiger partial charge on any atom is 0.314 e. The van der Waals surface area contributed by atoms with E-state index in [0.717, 1.165) is 19.3 Å². The largest absolute Gasteiger partial charge is 0.481 e. The highest BCUT2D eigenvalue weighted by Crippen LogP contribution is 2.16. The molecule has 0 aromatic carbocycles. The molecular weight excluding hydrogens is 288 g/mol. The number of Topliss-reactive ketones (excluding diaryl/α,β-unsaturated/α-hetero) is 1. The Bertz CT molecular complexity index is 323. The molecule has 1 N–H and O–H groups in total. The van der Waals surface area contributed by atoms with Gasteiger partial charge in [-0.2, -0.15) is 0 Å². The second kappa shape index (κ2) is 15.8. The van der Waals surface area contributed by atoms with Crippen molar-refractivity contribution in [1.29, 1.82) is 0 Å². The minimum absolute atomic E-state index is 0.162. The van der Waals surface area contributed by atoms with Crippen LogP contribution >= 0.6 is 0 Å². The summed E-state index contributed by atoms with van der Waals surface area (Å²) in [7, 11) is 0. The topological polar surface area (TPSA) is 54.4 Å². The molecule has 3 heteroatoms. The van der Waals surface area contributed by atoms with E-state index in [1.54, 1.807) is 0 Å². The average molecular weight is 325 g/mol. The van der Waals surface area contributed by atoms with Gasteiger partial charge in [0.15, 0.2) is 5.78 Å². The van der Waals surface area contributed by atoms with Gasteiger partial charge < -0.3 is 5.11 Å². The first-order chi connectivity index (χ1) is 11.1. The molecule has 0 saturated carbocycles. The van der Waals surface area contributed by atoms with Crippen molar-refractivity contribution in [2.24, 2.45) is 5.92 Å². The molecule has 0 spiro atoms. The molecule has 0 aromatic rings. The van der Waals surface area contributed by atoms with Crippen molar-refractivity contribution in [1.82, 2.24) is 0 Å². The molecule has 0 radical (unpaired) electrons. The minimum atomic E-state index is -0.986. The lowest BCUT2D eigenvalue weighted by molar-refractivity contribution is -0.146. The van der Waals surface area contributed by atoms with Crippen molar-refractivity contribution in [3.63, 3.8) is 0 Å². The van der Waals surface area contributed by atoms with Gasteiger partial charge in [-0.05, 0) is 6.42 Å². The second-order valence-corrected chi connectivity index (χ2v) is 6.53. The van der Waals surface area contributed by atoms with E-state index in [-0.39, 0.29) is 12.2 Å². The molecule has 134 valence electrons. The molecule has 3 nitrogen and oxygen atoms in total. The quantitative estimate of drug-likeness (QED) is 0.205. The summed E-state index contributed by atoms with van der Waals surface area (Å²) in [6, 6.07) is 0. The van der Waals surface area contributed by atoms with E-state index in [1.807, 2.05) is 0 Å². The summed E-state index contributed by atoms with van der Waals surface area (Å²) in [6.45, 7) is 5.74. The maximum absolute atomic E-state index is 11.7. The number of ketones is 1. The molecule has 0 amide bonds. The maximum atomic E-state index is 11.7. The van der Waals surface area contributed by atoms with Crippen molar-refractivity contribution >= 4 is 11.8 Å². The average Bonchev–Trinajstić information content (AvgIpc) is 2.51. The Morgan fingerprint density at radius 1 is 0.870 bits per heavy atom. The number of aliphatic carboxylic acids is 1. The molecule has 0 aliphatic rings. The lowest BCUT2D eigenvalue weighted by Crippen LogP contribution is -2.23. The van der Waals surface area contributed by atoms with Gasteiger partial charge in [-0.1, -0.05) is 90.0 Å². The van der Waals surface area contributed by atoms with Crippen LogP contribution in [0.4, 0.5) is 0 Å². The molecule has 0 saturated heterocycles. The van der Waals surface area contributed by atoms with Gasteiger partial charge in [-0.25, -0.2) is 0 Å². The first kappa shape index (κ1) is 21.9. The Morgan fingerprint density at radius 3 is 1.70 bits per heavy atom. The molecule has 23 heavy (non-hydrogen) atoms. The zero-order valence-electron chi connectivity index (χ0n) is 15.0. The zero-order chi connectivity index (χ0) is 17.3. The second-order valence-electron chi connectivity index (χ2n) is 6.53. The summed E-state index contributed by atoms with van der Waals surface area (Å²) < 4.78 is 0. The Labute approximate surface area is 142 Å². The first-order valence-corrected chi connectivity index (χ1v) is 9.49. The fourth-order valence-corrected chi connectivity index (χ4v) is 2.90. The van der Waals surface area contributed by atoms with Crippen LogP contribution in [0.1, 0.15) is 96.8 Å². The summed E-state index contributed by atoms with van der Waals surface area (Å²) in [4.78, 5) is 22.8. The predicted octanol–water partition coefficient (Wildman–Crippen LogP) is 5.92. The van der Waals surface area contributed by atoms with Crippen molar-refractivity contribution in [2.75, 3.05) is 0 Å². The fourth-order valence-electron chi connectivity index (χ4n) is 2.90. The summed E-state index contributed by atoms with van der Waals surface area (Å²) in [6.07, 6.45) is 17.1. The van der Waals surface area contributed by atoms with E-state index in [2.05, 4.69) is 13.5 Å². The first-order valence-electron chi connectivity index (χ1n) is 9.49. The number of hydrogen-bond donors (Lipinski definition) is 1. The van der Waals surface area contributed by atoms with Gasteiger partial charge in [-0.3, -0.25) is 9.59 Å². The molecular formula is C20H36O3. The third-order valence-electron chi connectivity index (χ3n) is 4.38. The zero-order valence-corrected chi connectivity index (χ0v) is 15.0. The lowest BCUT2D eigenvalue weighted by atomic mass is 9.94. The molecule has 0 aliphatic heterocycles. The van der Waals surface area contributed by atoms with Crippen LogP contribution in [0.2, 0.25) is 0 Å². The van der Waals surface area contributed by atoms with Crippen molar-refractivity contribution in [3.8, 4) is 0 Å². The molecule has 1 unspecified atom stereocenters. The fraction of sp³-hybridized carbons (Fsp3) is 0.800. The molecule has 0 heterocycles. The summed E-state index contributed by atoms with van der Waals surface area (Å²) in [5.74, 6) is -2.04. The van der Waals surface area contributed by atoms with E-state index in [9.17, 15) is 9.59 Å². The normalized spacial score (nSPS) is 12.0. The van der Waals surface area contributed by atoms with Crippen LogP contribution in [-0.2, 0) is 9.59 Å². The molecule has 0 rings (SSSR count). The van der Waals surface area contributed by atoms with E-state index in [4.69, 9.17) is 5.11 Å². The predicted molar refractivity (Wildman–Crippen MR) is 96.6 cm³/mol. The molecule has 0 aromatic heterocycles. The molecule has 0 bridgehead atoms. The number of carbonyl (C=O) groups is 2. The van der Waals surface area contributed by atoms with Crippen molar-refractivity contribution in [3.05, 3.63) is 12.7 Å². The highest BCUT2D eigenvalue weighted by molar-refractivity contribution is 5.98. The summed E-state index contributed by atoms with van der Waals surface area (Å²) in [5, 5.41) is 9.09. The van der Waals surface area contributed by atoms with Crippen LogP contribution in [0.15, 0.2) is 12.7 Å². The number of hydrogen-bond acceptors (Lipinski definition) is 2. The third kappa shape index (κ3) is 13.1. The van der Waals surface area contributed by atoms with Crippen LogP contribution < -0.4 is 0 Å². The van der Waals surface area contributed by atoms with Crippen LogP contribution in [0.25, 0.3) is 0 Å². The molecule has 1 atom stereocenters. The van der Waals surface area contributed by atoms with Crippen molar-refractivity contribution < 1.29 is 14.7 Å². The number of carboxylic acid groups (broad SMARTS) is 1. The van der Waals surface area contributed by atoms with Gasteiger partial charge in [0.2, 0.25) is 0 Å². The summed E-state index contributed by atoms with van der Waals surface area (Å²) in [5.41, 5.74) is 0. The van der Waals surface area contributed by atoms with Gasteiger partial charge in [-0.15, -0.1) is 6.58 Å². The monoisotopic (exact) mass is 324 g/mol. The highest BCUT2D eigenvalue weighted by atomic mass is 16.4. The number of unbranched alkanes of at least 4 members (excludes halogenated alkanes) is 11. The lowest BCUT2D eigenvalue weighted by Gasteiger charge is -2.09. The van der Waals surface area contributed by atoms with E-state index >= 15 is 0 Å². The standard InChI is InChI=1S/C20H36O3/c1-3-5-6-7-8-9-10-11-12-13-14-15-17-18(20(22)23)19(21)16-4-2/h4,18H,2-3,5-17H2,1H3,(H,22,23). The van der Waals surface area contributed by atoms with Gasteiger partial charge in [0.05, 0.1) is 0 Å². The number of allylic oxidation sites excluding steroid dienone is 1. The SMILES string of the molecule is C=CCC(=O)C(CCCCCCCCCCCCCC)C(=O)O. The number of carboxylic acids is 1. The Balaban J connectivity index is 3.48. The number of carbonyl (C=O) groups excluding carboxylic acids is 1. The highest BCUT2D eigenvalue weighted by Gasteiger charge is 2.23. The minimum Gasteiger partial charge on any atom is -0.481 e. The van der Waals surface area contributed by atoms with Crippen LogP contribution in [0.3, 0.4) is 0 Å². The van der Waals surface area contributed by atoms with Gasteiger partial charge in [0.25, 0.3) is 0 Å². The third-order valence-corrected chi connectivity index (χ3v) is 4.38. The van der Waals surface area contributed by atoms with Crippen LogP contribution in [0.5, 0.6) is 0 Å². The van der Waals surface area contributed by atoms with Crippen LogP contribution in [-0.4, -0.2) is 16.9 Å². The van der Waals surface area contributed by atoms with Gasteiger partial charge in [0.1, 0.15) is 5.92 Å². The Hall–Kier alpha value is -1.12. The Morgan fingerprint density at radius 2 is 1.30 bits per heavy atom. The molecule has 0 fully saturated rings. The van der Waals surface area contributed by atoms with Gasteiger partial charge >= 0.3 is 5.97 Å². The summed E-state index contributed by atoms with van der Waals surface area (Å²) >= 11 is 0. The van der Waals surface area contributed by atoms with E-state index in [0.29, 0.717) is 6.42 Å². The van der Waals surface area contributed by atoms with Crippen molar-refractivity contribution in [2.45, 2.75) is 96.8 Å².